The van der Waals surface area contributed by atoms with Crippen LogP contribution in [0.15, 0.2) is 12.1 Å². The van der Waals surface area contributed by atoms with Crippen LogP contribution in [0.1, 0.15) is 45.0 Å². The first-order valence-corrected chi connectivity index (χ1v) is 9.23. The van der Waals surface area contributed by atoms with E-state index in [0.717, 1.165) is 6.54 Å². The fourth-order valence-electron chi connectivity index (χ4n) is 2.85. The number of carbonyl (C=O) groups excluding carboxylic acids is 1. The quantitative estimate of drug-likeness (QED) is 0.652. The molecule has 6 nitrogen and oxygen atoms in total. The minimum absolute atomic E-state index is 0.0318. The van der Waals surface area contributed by atoms with Gasteiger partial charge in [-0.3, -0.25) is 4.79 Å². The van der Waals surface area contributed by atoms with Crippen molar-refractivity contribution in [1.29, 1.82) is 0 Å². The molecule has 1 aromatic carbocycles. The van der Waals surface area contributed by atoms with Crippen LogP contribution in [0, 0.1) is 5.41 Å². The fraction of sp³-hybridized carbons (Fsp3) is 0.650. The second-order valence-electron chi connectivity index (χ2n) is 7.19. The van der Waals surface area contributed by atoms with E-state index in [-0.39, 0.29) is 11.3 Å². The van der Waals surface area contributed by atoms with E-state index < -0.39 is 0 Å². The minimum Gasteiger partial charge on any atom is -0.490 e. The Morgan fingerprint density at radius 3 is 1.92 bits per heavy atom. The molecule has 0 saturated heterocycles. The molecule has 1 N–H and O–H groups in total. The molecule has 0 aliphatic heterocycles. The Bertz CT molecular complexity index is 558. The fourth-order valence-corrected chi connectivity index (χ4v) is 2.85. The van der Waals surface area contributed by atoms with Crippen LogP contribution >= 0.6 is 0 Å². The molecule has 0 radical (unpaired) electrons. The van der Waals surface area contributed by atoms with Gasteiger partial charge >= 0.3 is 0 Å². The molecule has 0 aliphatic rings. The molecule has 0 saturated carbocycles. The SMILES string of the molecule is CCOc1cc(C(=O)NCC(C)(C)CN(C)C)cc(OCC)c1OCC. The summed E-state index contributed by atoms with van der Waals surface area (Å²) in [6.07, 6.45) is 0. The zero-order chi connectivity index (χ0) is 19.7. The molecule has 0 unspecified atom stereocenters. The van der Waals surface area contributed by atoms with Crippen LogP contribution in [0.4, 0.5) is 0 Å². The van der Waals surface area contributed by atoms with Crippen LogP contribution < -0.4 is 19.5 Å². The summed E-state index contributed by atoms with van der Waals surface area (Å²) < 4.78 is 17.0. The smallest absolute Gasteiger partial charge is 0.251 e. The standard InChI is InChI=1S/C20H34N2O4/c1-8-24-16-11-15(12-17(25-9-2)18(16)26-10-3)19(23)21-13-20(4,5)14-22(6)7/h11-12H,8-10,13-14H2,1-7H3,(H,21,23). The molecule has 1 amide bonds. The van der Waals surface area contributed by atoms with Crippen LogP contribution in [0.5, 0.6) is 17.2 Å². The maximum atomic E-state index is 12.7. The first kappa shape index (κ1) is 22.1. The zero-order valence-corrected chi connectivity index (χ0v) is 17.3. The molecule has 0 fully saturated rings. The van der Waals surface area contributed by atoms with Crippen LogP contribution in [-0.2, 0) is 0 Å². The number of amides is 1. The van der Waals surface area contributed by atoms with Gasteiger partial charge in [0.2, 0.25) is 5.75 Å². The molecule has 1 rings (SSSR count). The average molecular weight is 367 g/mol. The largest absolute Gasteiger partial charge is 0.490 e. The van der Waals surface area contributed by atoms with E-state index in [0.29, 0.717) is 49.2 Å². The summed E-state index contributed by atoms with van der Waals surface area (Å²) in [5.41, 5.74) is 0.469. The van der Waals surface area contributed by atoms with Gasteiger partial charge in [0.15, 0.2) is 11.5 Å². The van der Waals surface area contributed by atoms with E-state index >= 15 is 0 Å². The van der Waals surface area contributed by atoms with Crippen molar-refractivity contribution in [3.8, 4) is 17.2 Å². The second kappa shape index (κ2) is 10.3. The van der Waals surface area contributed by atoms with E-state index in [1.807, 2.05) is 34.9 Å². The highest BCUT2D eigenvalue weighted by atomic mass is 16.5. The molecule has 0 heterocycles. The van der Waals surface area contributed by atoms with Crippen molar-refractivity contribution in [3.05, 3.63) is 17.7 Å². The number of hydrogen-bond donors (Lipinski definition) is 1. The van der Waals surface area contributed by atoms with Crippen LogP contribution in [0.25, 0.3) is 0 Å². The zero-order valence-electron chi connectivity index (χ0n) is 17.3. The minimum atomic E-state index is -0.151. The monoisotopic (exact) mass is 366 g/mol. The maximum Gasteiger partial charge on any atom is 0.251 e. The van der Waals surface area contributed by atoms with Crippen molar-refractivity contribution in [3.63, 3.8) is 0 Å². The van der Waals surface area contributed by atoms with Crippen LogP contribution in [0.2, 0.25) is 0 Å². The summed E-state index contributed by atoms with van der Waals surface area (Å²) in [6.45, 7) is 12.9. The van der Waals surface area contributed by atoms with E-state index in [2.05, 4.69) is 24.1 Å². The molecular weight excluding hydrogens is 332 g/mol. The van der Waals surface area contributed by atoms with E-state index in [1.54, 1.807) is 12.1 Å². The van der Waals surface area contributed by atoms with Gasteiger partial charge in [-0.25, -0.2) is 0 Å². The molecule has 0 bridgehead atoms. The van der Waals surface area contributed by atoms with Gasteiger partial charge in [0, 0.05) is 18.7 Å². The van der Waals surface area contributed by atoms with Gasteiger partial charge in [-0.05, 0) is 52.4 Å². The highest BCUT2D eigenvalue weighted by Gasteiger charge is 2.22. The van der Waals surface area contributed by atoms with E-state index in [4.69, 9.17) is 14.2 Å². The lowest BCUT2D eigenvalue weighted by molar-refractivity contribution is 0.0928. The number of benzene rings is 1. The van der Waals surface area contributed by atoms with Gasteiger partial charge in [-0.15, -0.1) is 0 Å². The van der Waals surface area contributed by atoms with Crippen molar-refractivity contribution in [1.82, 2.24) is 10.2 Å². The van der Waals surface area contributed by atoms with Gasteiger partial charge in [0.25, 0.3) is 5.91 Å². The van der Waals surface area contributed by atoms with Crippen molar-refractivity contribution in [2.45, 2.75) is 34.6 Å². The molecule has 0 aliphatic carbocycles. The summed E-state index contributed by atoms with van der Waals surface area (Å²) in [6, 6.07) is 3.43. The molecule has 6 heteroatoms. The van der Waals surface area contributed by atoms with Gasteiger partial charge in [-0.2, -0.15) is 0 Å². The second-order valence-corrected chi connectivity index (χ2v) is 7.19. The highest BCUT2D eigenvalue weighted by Crippen LogP contribution is 2.39. The lowest BCUT2D eigenvalue weighted by atomic mass is 9.93. The summed E-state index contributed by atoms with van der Waals surface area (Å²) in [4.78, 5) is 14.8. The Labute approximate surface area is 157 Å². The Morgan fingerprint density at radius 2 is 1.50 bits per heavy atom. The number of carbonyl (C=O) groups is 1. The summed E-state index contributed by atoms with van der Waals surface area (Å²) in [5, 5.41) is 3.02. The summed E-state index contributed by atoms with van der Waals surface area (Å²) >= 11 is 0. The third-order valence-corrected chi connectivity index (χ3v) is 3.64. The number of hydrogen-bond acceptors (Lipinski definition) is 5. The Hall–Kier alpha value is -1.95. The van der Waals surface area contributed by atoms with Crippen molar-refractivity contribution in [2.75, 3.05) is 47.0 Å². The highest BCUT2D eigenvalue weighted by molar-refractivity contribution is 5.95. The van der Waals surface area contributed by atoms with Crippen LogP contribution in [-0.4, -0.2) is 57.8 Å². The molecule has 0 atom stereocenters. The first-order chi connectivity index (χ1) is 12.2. The molecule has 148 valence electrons. The van der Waals surface area contributed by atoms with Gasteiger partial charge in [0.05, 0.1) is 19.8 Å². The molecule has 1 aromatic rings. The van der Waals surface area contributed by atoms with Crippen LogP contribution in [0.3, 0.4) is 0 Å². The number of rotatable bonds is 11. The predicted octanol–water partition coefficient (Wildman–Crippen LogP) is 3.20. The molecule has 26 heavy (non-hydrogen) atoms. The van der Waals surface area contributed by atoms with Gasteiger partial charge in [-0.1, -0.05) is 13.8 Å². The predicted molar refractivity (Wildman–Crippen MR) is 105 cm³/mol. The summed E-state index contributed by atoms with van der Waals surface area (Å²) in [7, 11) is 4.05. The van der Waals surface area contributed by atoms with E-state index in [1.165, 1.54) is 0 Å². The topological polar surface area (TPSA) is 60.0 Å². The molecule has 0 spiro atoms. The average Bonchev–Trinajstić information content (AvgIpc) is 2.54. The number of ether oxygens (including phenoxy) is 3. The van der Waals surface area contributed by atoms with Crippen molar-refractivity contribution < 1.29 is 19.0 Å². The van der Waals surface area contributed by atoms with Gasteiger partial charge < -0.3 is 24.4 Å². The number of nitrogens with one attached hydrogen (secondary N) is 1. The Kier molecular flexibility index (Phi) is 8.72. The maximum absolute atomic E-state index is 12.7. The van der Waals surface area contributed by atoms with E-state index in [9.17, 15) is 4.79 Å². The van der Waals surface area contributed by atoms with Gasteiger partial charge in [0.1, 0.15) is 0 Å². The lowest BCUT2D eigenvalue weighted by Crippen LogP contribution is -2.40. The first-order valence-electron chi connectivity index (χ1n) is 9.23. The molecular formula is C20H34N2O4. The lowest BCUT2D eigenvalue weighted by Gasteiger charge is -2.28. The number of nitrogens with zero attached hydrogens (tertiary/aromatic N) is 1. The van der Waals surface area contributed by atoms with Crippen molar-refractivity contribution in [2.24, 2.45) is 5.41 Å². The Balaban J connectivity index is 3.04. The van der Waals surface area contributed by atoms with Crippen molar-refractivity contribution >= 4 is 5.91 Å². The molecule has 0 aromatic heterocycles. The third-order valence-electron chi connectivity index (χ3n) is 3.64. The third kappa shape index (κ3) is 6.75. The normalized spacial score (nSPS) is 11.4. The summed E-state index contributed by atoms with van der Waals surface area (Å²) in [5.74, 6) is 1.44. The Morgan fingerprint density at radius 1 is 1.00 bits per heavy atom.